The average molecular weight is 283 g/mol. The molecule has 0 nitrogen and oxygen atoms in total. The summed E-state index contributed by atoms with van der Waals surface area (Å²) in [5, 5.41) is 0. The quantitative estimate of drug-likeness (QED) is 0.372. The van der Waals surface area contributed by atoms with Crippen molar-refractivity contribution in [3.8, 4) is 0 Å². The molecule has 0 N–H and O–H groups in total. The zero-order valence-electron chi connectivity index (χ0n) is 15.8. The fourth-order valence-corrected chi connectivity index (χ4v) is 3.00. The van der Waals surface area contributed by atoms with Gasteiger partial charge < -0.3 is 0 Å². The van der Waals surface area contributed by atoms with E-state index in [0.717, 1.165) is 23.7 Å². The van der Waals surface area contributed by atoms with E-state index in [1.807, 2.05) is 0 Å². The van der Waals surface area contributed by atoms with Gasteiger partial charge in [-0.25, -0.2) is 0 Å². The Bertz CT molecular complexity index is 226. The second kappa shape index (κ2) is 9.85. The van der Waals surface area contributed by atoms with Crippen molar-refractivity contribution in [2.24, 2.45) is 29.1 Å². The molecule has 0 radical (unpaired) electrons. The SMILES string of the molecule is CCCCC(C)CCCC(C)(C)C(C)CC(C)C(C)C. The molecule has 0 heterocycles. The topological polar surface area (TPSA) is 0 Å². The lowest BCUT2D eigenvalue weighted by molar-refractivity contribution is 0.159. The normalized spacial score (nSPS) is 17.2. The lowest BCUT2D eigenvalue weighted by atomic mass is 9.71. The first-order chi connectivity index (χ1) is 9.20. The molecule has 0 aromatic rings. The van der Waals surface area contributed by atoms with Crippen molar-refractivity contribution in [2.45, 2.75) is 100 Å². The second-order valence-corrected chi connectivity index (χ2v) is 8.49. The minimum Gasteiger partial charge on any atom is -0.0654 e. The summed E-state index contributed by atoms with van der Waals surface area (Å²) in [6, 6.07) is 0. The zero-order valence-corrected chi connectivity index (χ0v) is 15.8. The van der Waals surface area contributed by atoms with Gasteiger partial charge in [0, 0.05) is 0 Å². The van der Waals surface area contributed by atoms with E-state index in [9.17, 15) is 0 Å². The van der Waals surface area contributed by atoms with Crippen LogP contribution in [0.15, 0.2) is 0 Å². The first kappa shape index (κ1) is 20.0. The molecule has 0 aliphatic carbocycles. The van der Waals surface area contributed by atoms with E-state index in [2.05, 4.69) is 55.4 Å². The highest BCUT2D eigenvalue weighted by Crippen LogP contribution is 2.38. The van der Waals surface area contributed by atoms with Crippen LogP contribution in [-0.4, -0.2) is 0 Å². The first-order valence-corrected chi connectivity index (χ1v) is 9.20. The molecule has 0 aromatic heterocycles. The van der Waals surface area contributed by atoms with Crippen LogP contribution in [0.25, 0.3) is 0 Å². The van der Waals surface area contributed by atoms with E-state index in [1.54, 1.807) is 0 Å². The Morgan fingerprint density at radius 3 is 1.90 bits per heavy atom. The lowest BCUT2D eigenvalue weighted by Gasteiger charge is -2.35. The monoisotopic (exact) mass is 282 g/mol. The van der Waals surface area contributed by atoms with Crippen LogP contribution in [0.2, 0.25) is 0 Å². The molecule has 0 spiro atoms. The standard InChI is InChI=1S/C20H42/c1-9-10-12-17(4)13-11-14-20(7,8)19(6)15-18(5)16(2)3/h16-19H,9-15H2,1-8H3. The Kier molecular flexibility index (Phi) is 9.85. The number of rotatable bonds is 11. The van der Waals surface area contributed by atoms with Crippen molar-refractivity contribution in [2.75, 3.05) is 0 Å². The van der Waals surface area contributed by atoms with Gasteiger partial charge in [-0.2, -0.15) is 0 Å². The molecule has 0 heteroatoms. The third-order valence-electron chi connectivity index (χ3n) is 5.77. The summed E-state index contributed by atoms with van der Waals surface area (Å²) in [4.78, 5) is 0. The molecule has 0 rings (SSSR count). The van der Waals surface area contributed by atoms with Gasteiger partial charge in [-0.05, 0) is 41.9 Å². The largest absolute Gasteiger partial charge is 0.0654 e. The maximum atomic E-state index is 2.49. The third kappa shape index (κ3) is 8.32. The van der Waals surface area contributed by atoms with Crippen LogP contribution < -0.4 is 0 Å². The highest BCUT2D eigenvalue weighted by molar-refractivity contribution is 4.78. The van der Waals surface area contributed by atoms with Crippen molar-refractivity contribution < 1.29 is 0 Å². The van der Waals surface area contributed by atoms with E-state index >= 15 is 0 Å². The number of hydrogen-bond donors (Lipinski definition) is 0. The number of unbranched alkanes of at least 4 members (excludes halogenated alkanes) is 1. The second-order valence-electron chi connectivity index (χ2n) is 8.49. The van der Waals surface area contributed by atoms with Crippen LogP contribution in [0.5, 0.6) is 0 Å². The molecule has 3 unspecified atom stereocenters. The van der Waals surface area contributed by atoms with E-state index in [4.69, 9.17) is 0 Å². The van der Waals surface area contributed by atoms with Crippen LogP contribution in [0.1, 0.15) is 100 Å². The van der Waals surface area contributed by atoms with Crippen LogP contribution in [0.3, 0.4) is 0 Å². The smallest absolute Gasteiger partial charge is 0.0328 e. The first-order valence-electron chi connectivity index (χ1n) is 9.20. The minimum absolute atomic E-state index is 0.508. The van der Waals surface area contributed by atoms with Gasteiger partial charge in [0.2, 0.25) is 0 Å². The molecule has 0 amide bonds. The molecule has 3 atom stereocenters. The van der Waals surface area contributed by atoms with Crippen molar-refractivity contribution in [3.63, 3.8) is 0 Å². The van der Waals surface area contributed by atoms with Crippen molar-refractivity contribution in [1.29, 1.82) is 0 Å². The van der Waals surface area contributed by atoms with E-state index in [1.165, 1.54) is 44.9 Å². The Morgan fingerprint density at radius 2 is 1.40 bits per heavy atom. The predicted octanol–water partition coefficient (Wildman–Crippen LogP) is 7.33. The van der Waals surface area contributed by atoms with Crippen LogP contribution in [0, 0.1) is 29.1 Å². The highest BCUT2D eigenvalue weighted by Gasteiger charge is 2.27. The Balaban J connectivity index is 4.04. The molecule has 0 saturated carbocycles. The molecule has 20 heavy (non-hydrogen) atoms. The fourth-order valence-electron chi connectivity index (χ4n) is 3.00. The number of hydrogen-bond acceptors (Lipinski definition) is 0. The molecule has 0 aliphatic heterocycles. The Hall–Kier alpha value is 0. The van der Waals surface area contributed by atoms with Crippen molar-refractivity contribution in [1.82, 2.24) is 0 Å². The Labute approximate surface area is 130 Å². The lowest BCUT2D eigenvalue weighted by Crippen LogP contribution is -2.25. The summed E-state index contributed by atoms with van der Waals surface area (Å²) in [6.45, 7) is 19.3. The average Bonchev–Trinajstić information content (AvgIpc) is 2.35. The summed E-state index contributed by atoms with van der Waals surface area (Å²) < 4.78 is 0. The van der Waals surface area contributed by atoms with Gasteiger partial charge in [-0.3, -0.25) is 0 Å². The minimum atomic E-state index is 0.508. The van der Waals surface area contributed by atoms with Gasteiger partial charge in [-0.1, -0.05) is 87.5 Å². The van der Waals surface area contributed by atoms with Crippen LogP contribution in [-0.2, 0) is 0 Å². The van der Waals surface area contributed by atoms with Gasteiger partial charge in [-0.15, -0.1) is 0 Å². The fraction of sp³-hybridized carbons (Fsp3) is 1.00. The molecule has 0 aromatic carbocycles. The maximum absolute atomic E-state index is 2.49. The highest BCUT2D eigenvalue weighted by atomic mass is 14.3. The summed E-state index contributed by atoms with van der Waals surface area (Å²) in [5.41, 5.74) is 0.508. The molecular weight excluding hydrogens is 240 g/mol. The third-order valence-corrected chi connectivity index (χ3v) is 5.77. The Morgan fingerprint density at radius 1 is 0.850 bits per heavy atom. The molecule has 0 bridgehead atoms. The summed E-state index contributed by atoms with van der Waals surface area (Å²) in [5.74, 6) is 3.44. The van der Waals surface area contributed by atoms with Gasteiger partial charge in [0.25, 0.3) is 0 Å². The van der Waals surface area contributed by atoms with Gasteiger partial charge >= 0.3 is 0 Å². The van der Waals surface area contributed by atoms with Crippen LogP contribution >= 0.6 is 0 Å². The summed E-state index contributed by atoms with van der Waals surface area (Å²) >= 11 is 0. The van der Waals surface area contributed by atoms with Crippen molar-refractivity contribution >= 4 is 0 Å². The molecular formula is C20H42. The van der Waals surface area contributed by atoms with Gasteiger partial charge in [0.15, 0.2) is 0 Å². The summed E-state index contributed by atoms with van der Waals surface area (Å²) in [7, 11) is 0. The molecule has 122 valence electrons. The van der Waals surface area contributed by atoms with Gasteiger partial charge in [0.1, 0.15) is 0 Å². The van der Waals surface area contributed by atoms with E-state index in [-0.39, 0.29) is 0 Å². The van der Waals surface area contributed by atoms with Crippen molar-refractivity contribution in [3.05, 3.63) is 0 Å². The van der Waals surface area contributed by atoms with Crippen LogP contribution in [0.4, 0.5) is 0 Å². The molecule has 0 saturated heterocycles. The van der Waals surface area contributed by atoms with E-state index in [0.29, 0.717) is 5.41 Å². The van der Waals surface area contributed by atoms with E-state index < -0.39 is 0 Å². The molecule has 0 fully saturated rings. The van der Waals surface area contributed by atoms with Gasteiger partial charge in [0.05, 0.1) is 0 Å². The predicted molar refractivity (Wildman–Crippen MR) is 94.1 cm³/mol. The summed E-state index contributed by atoms with van der Waals surface area (Å²) in [6.07, 6.45) is 9.81. The molecule has 0 aliphatic rings. The zero-order chi connectivity index (χ0) is 15.8. The maximum Gasteiger partial charge on any atom is -0.0328 e.